The highest BCUT2D eigenvalue weighted by molar-refractivity contribution is 7.98. The Bertz CT molecular complexity index is 1220. The van der Waals surface area contributed by atoms with Gasteiger partial charge in [0.05, 0.1) is 16.6 Å². The van der Waals surface area contributed by atoms with Gasteiger partial charge in [0.2, 0.25) is 0 Å². The van der Waals surface area contributed by atoms with Gasteiger partial charge in [-0.05, 0) is 91.4 Å². The molecule has 0 radical (unpaired) electrons. The van der Waals surface area contributed by atoms with Crippen molar-refractivity contribution >= 4 is 39.1 Å². The molecule has 3 nitrogen and oxygen atoms in total. The zero-order valence-electron chi connectivity index (χ0n) is 18.1. The number of hydrogen-bond acceptors (Lipinski definition) is 3. The van der Waals surface area contributed by atoms with Crippen molar-refractivity contribution in [3.8, 4) is 0 Å². The number of hydrogen-bond donors (Lipinski definition) is 0. The van der Waals surface area contributed by atoms with Gasteiger partial charge in [-0.3, -0.25) is 4.31 Å². The fourth-order valence-electron chi connectivity index (χ4n) is 3.65. The van der Waals surface area contributed by atoms with Crippen molar-refractivity contribution in [2.45, 2.75) is 30.7 Å². The molecule has 9 heteroatoms. The summed E-state index contributed by atoms with van der Waals surface area (Å²) in [5.41, 5.74) is 0.695. The summed E-state index contributed by atoms with van der Waals surface area (Å²) in [5, 5.41) is 0.333. The molecule has 0 aliphatic heterocycles. The van der Waals surface area contributed by atoms with Crippen LogP contribution in [0.25, 0.3) is 0 Å². The summed E-state index contributed by atoms with van der Waals surface area (Å²) >= 11 is 7.55. The Balaban J connectivity index is 2.18. The van der Waals surface area contributed by atoms with Crippen LogP contribution in [0.15, 0.2) is 65.6 Å². The summed E-state index contributed by atoms with van der Waals surface area (Å²) in [4.78, 5) is -0.131. The summed E-state index contributed by atoms with van der Waals surface area (Å²) in [7, 11) is -4.34. The third-order valence-electron chi connectivity index (χ3n) is 5.22. The Morgan fingerprint density at radius 1 is 0.970 bits per heavy atom. The molecule has 33 heavy (non-hydrogen) atoms. The van der Waals surface area contributed by atoms with Crippen LogP contribution in [0.4, 0.5) is 18.9 Å². The topological polar surface area (TPSA) is 37.4 Å². The average Bonchev–Trinajstić information content (AvgIpc) is 2.76. The lowest BCUT2D eigenvalue weighted by Gasteiger charge is -2.32. The lowest BCUT2D eigenvalue weighted by Crippen LogP contribution is -2.35. The van der Waals surface area contributed by atoms with E-state index in [4.69, 9.17) is 11.6 Å². The first-order valence-electron chi connectivity index (χ1n) is 10.2. The van der Waals surface area contributed by atoms with Gasteiger partial charge in [-0.1, -0.05) is 17.7 Å². The Hall–Kier alpha value is -2.16. The third kappa shape index (κ3) is 5.86. The van der Waals surface area contributed by atoms with Crippen molar-refractivity contribution in [1.82, 2.24) is 0 Å². The van der Waals surface area contributed by atoms with Crippen LogP contribution in [0, 0.1) is 17.5 Å². The minimum Gasteiger partial charge on any atom is -0.256 e. The fraction of sp³-hybridized carbons (Fsp3) is 0.250. The van der Waals surface area contributed by atoms with Crippen molar-refractivity contribution in [2.24, 2.45) is 0 Å². The lowest BCUT2D eigenvalue weighted by atomic mass is 9.97. The van der Waals surface area contributed by atoms with Crippen LogP contribution in [0.3, 0.4) is 0 Å². The molecule has 1 atom stereocenters. The van der Waals surface area contributed by atoms with Gasteiger partial charge < -0.3 is 0 Å². The Morgan fingerprint density at radius 3 is 2.27 bits per heavy atom. The standard InChI is InChI=1S/C24H23ClF3NO2S2/c1-16(22-11-7-19(26)14-17(22)4-3-13-32-2)29(24-15-20(27)8-12-23(24)28)33(30,31)21-9-5-18(25)6-10-21/h5-12,14-16H,3-4,13H2,1-2H3. The molecule has 3 aromatic carbocycles. The van der Waals surface area contributed by atoms with Crippen LogP contribution in [-0.4, -0.2) is 20.4 Å². The molecule has 3 aromatic rings. The van der Waals surface area contributed by atoms with Crippen molar-refractivity contribution in [3.63, 3.8) is 0 Å². The minimum atomic E-state index is -4.34. The number of aryl methyl sites for hydroxylation is 1. The van der Waals surface area contributed by atoms with E-state index in [-0.39, 0.29) is 4.90 Å². The maximum absolute atomic E-state index is 14.9. The predicted molar refractivity (Wildman–Crippen MR) is 129 cm³/mol. The highest BCUT2D eigenvalue weighted by Gasteiger charge is 2.33. The summed E-state index contributed by atoms with van der Waals surface area (Å²) in [6.45, 7) is 1.57. The molecule has 0 amide bonds. The van der Waals surface area contributed by atoms with Gasteiger partial charge in [0, 0.05) is 11.1 Å². The highest BCUT2D eigenvalue weighted by atomic mass is 35.5. The molecule has 1 unspecified atom stereocenters. The molecule has 3 rings (SSSR count). The quantitative estimate of drug-likeness (QED) is 0.289. The maximum Gasteiger partial charge on any atom is 0.264 e. The van der Waals surface area contributed by atoms with Gasteiger partial charge in [-0.2, -0.15) is 11.8 Å². The van der Waals surface area contributed by atoms with Crippen LogP contribution in [0.5, 0.6) is 0 Å². The van der Waals surface area contributed by atoms with Crippen LogP contribution in [0.2, 0.25) is 5.02 Å². The van der Waals surface area contributed by atoms with E-state index in [0.29, 0.717) is 22.6 Å². The molecule has 0 bridgehead atoms. The van der Waals surface area contributed by atoms with Gasteiger partial charge in [-0.25, -0.2) is 21.6 Å². The van der Waals surface area contributed by atoms with Crippen molar-refractivity contribution in [2.75, 3.05) is 16.3 Å². The van der Waals surface area contributed by atoms with Gasteiger partial charge in [0.25, 0.3) is 10.0 Å². The monoisotopic (exact) mass is 513 g/mol. The summed E-state index contributed by atoms with van der Waals surface area (Å²) < 4.78 is 71.2. The van der Waals surface area contributed by atoms with E-state index in [1.807, 2.05) is 6.26 Å². The highest BCUT2D eigenvalue weighted by Crippen LogP contribution is 2.37. The van der Waals surface area contributed by atoms with E-state index in [2.05, 4.69) is 0 Å². The summed E-state index contributed by atoms with van der Waals surface area (Å²) in [5.74, 6) is -1.29. The van der Waals surface area contributed by atoms with Crippen LogP contribution in [0.1, 0.15) is 30.5 Å². The molecule has 0 spiro atoms. The van der Waals surface area contributed by atoms with Crippen LogP contribution >= 0.6 is 23.4 Å². The first-order valence-corrected chi connectivity index (χ1v) is 13.4. The number of thioether (sulfide) groups is 1. The van der Waals surface area contributed by atoms with E-state index in [0.717, 1.165) is 34.7 Å². The minimum absolute atomic E-state index is 0.131. The maximum atomic E-state index is 14.9. The van der Waals surface area contributed by atoms with Gasteiger partial charge in [-0.15, -0.1) is 0 Å². The molecular formula is C24H23ClF3NO2S2. The Morgan fingerprint density at radius 2 is 1.61 bits per heavy atom. The van der Waals surface area contributed by atoms with Gasteiger partial charge in [0.1, 0.15) is 17.5 Å². The zero-order valence-corrected chi connectivity index (χ0v) is 20.5. The summed E-state index contributed by atoms with van der Waals surface area (Å²) in [6, 6.07) is 11.2. The first-order chi connectivity index (χ1) is 15.6. The van der Waals surface area contributed by atoms with Crippen molar-refractivity contribution < 1.29 is 21.6 Å². The van der Waals surface area contributed by atoms with Crippen LogP contribution < -0.4 is 4.31 Å². The summed E-state index contributed by atoms with van der Waals surface area (Å²) in [6.07, 6.45) is 3.23. The average molecular weight is 514 g/mol. The smallest absolute Gasteiger partial charge is 0.256 e. The number of benzene rings is 3. The van der Waals surface area contributed by atoms with Crippen LogP contribution in [-0.2, 0) is 16.4 Å². The Labute approximate surface area is 201 Å². The lowest BCUT2D eigenvalue weighted by molar-refractivity contribution is 0.569. The number of nitrogens with zero attached hydrogens (tertiary/aromatic N) is 1. The molecule has 176 valence electrons. The molecular weight excluding hydrogens is 491 g/mol. The van der Waals surface area contributed by atoms with E-state index in [1.165, 1.54) is 42.5 Å². The number of halogens is 4. The number of rotatable bonds is 9. The SMILES string of the molecule is CSCCCc1cc(F)ccc1C(C)N(c1cc(F)ccc1F)S(=O)(=O)c1ccc(Cl)cc1. The number of anilines is 1. The molecule has 0 saturated carbocycles. The fourth-order valence-corrected chi connectivity index (χ4v) is 5.85. The first kappa shape index (κ1) is 25.5. The normalized spacial score (nSPS) is 12.5. The molecule has 0 aromatic heterocycles. The second-order valence-electron chi connectivity index (χ2n) is 7.47. The van der Waals surface area contributed by atoms with Gasteiger partial charge >= 0.3 is 0 Å². The molecule has 0 aliphatic carbocycles. The molecule has 0 heterocycles. The largest absolute Gasteiger partial charge is 0.264 e. The number of sulfonamides is 1. The molecule has 0 saturated heterocycles. The predicted octanol–water partition coefficient (Wildman–Crippen LogP) is 7.01. The van der Waals surface area contributed by atoms with E-state index >= 15 is 0 Å². The molecule has 0 N–H and O–H groups in total. The van der Waals surface area contributed by atoms with E-state index < -0.39 is 39.2 Å². The second kappa shape index (κ2) is 10.8. The van der Waals surface area contributed by atoms with E-state index in [1.54, 1.807) is 18.7 Å². The van der Waals surface area contributed by atoms with Gasteiger partial charge in [0.15, 0.2) is 0 Å². The zero-order chi connectivity index (χ0) is 24.2. The van der Waals surface area contributed by atoms with E-state index in [9.17, 15) is 21.6 Å². The third-order valence-corrected chi connectivity index (χ3v) is 8.07. The second-order valence-corrected chi connectivity index (χ2v) is 10.7. The van der Waals surface area contributed by atoms with Crippen molar-refractivity contribution in [1.29, 1.82) is 0 Å². The molecule has 0 fully saturated rings. The Kier molecular flexibility index (Phi) is 8.37. The molecule has 0 aliphatic rings. The van der Waals surface area contributed by atoms with Crippen molar-refractivity contribution in [3.05, 3.63) is 94.3 Å².